The standard InChI is InChI=1S/C9H15O4P/c1-4-7-12-14(11,9(10)6-3)13-8-5-2/h4-5H,1-2,6-8H2,3H3. The molecule has 0 unspecified atom stereocenters. The first kappa shape index (κ1) is 13.3. The van der Waals surface area contributed by atoms with Crippen molar-refractivity contribution in [1.82, 2.24) is 0 Å². The molecule has 0 fully saturated rings. The van der Waals surface area contributed by atoms with E-state index in [-0.39, 0.29) is 19.6 Å². The summed E-state index contributed by atoms with van der Waals surface area (Å²) in [6.07, 6.45) is 2.94. The second kappa shape index (κ2) is 6.71. The SMILES string of the molecule is C=CCOP(=O)(OCC=C)C(=O)CC. The van der Waals surface area contributed by atoms with Gasteiger partial charge in [-0.1, -0.05) is 19.1 Å². The van der Waals surface area contributed by atoms with Crippen molar-refractivity contribution in [3.8, 4) is 0 Å². The van der Waals surface area contributed by atoms with Gasteiger partial charge in [-0.25, -0.2) is 0 Å². The van der Waals surface area contributed by atoms with E-state index >= 15 is 0 Å². The molecule has 0 aromatic rings. The summed E-state index contributed by atoms with van der Waals surface area (Å²) >= 11 is 0. The maximum atomic E-state index is 11.8. The average molecular weight is 218 g/mol. The van der Waals surface area contributed by atoms with Crippen LogP contribution in [0.3, 0.4) is 0 Å². The van der Waals surface area contributed by atoms with Crippen LogP contribution in [0.5, 0.6) is 0 Å². The highest BCUT2D eigenvalue weighted by Crippen LogP contribution is 2.49. The van der Waals surface area contributed by atoms with E-state index in [1.54, 1.807) is 6.92 Å². The summed E-state index contributed by atoms with van der Waals surface area (Å²) in [6.45, 7) is 8.45. The minimum absolute atomic E-state index is 0.0279. The lowest BCUT2D eigenvalue weighted by Gasteiger charge is -2.14. The molecule has 0 spiro atoms. The molecule has 0 saturated heterocycles. The Balaban J connectivity index is 4.47. The molecular formula is C9H15O4P. The Hall–Kier alpha value is -0.700. The van der Waals surface area contributed by atoms with Crippen LogP contribution in [0, 0.1) is 0 Å². The largest absolute Gasteiger partial charge is 0.397 e. The molecule has 0 rings (SSSR count). The molecule has 4 nitrogen and oxygen atoms in total. The summed E-state index contributed by atoms with van der Waals surface area (Å²) in [5.74, 6) is 0. The fourth-order valence-electron chi connectivity index (χ4n) is 0.677. The van der Waals surface area contributed by atoms with Crippen LogP contribution in [0.25, 0.3) is 0 Å². The van der Waals surface area contributed by atoms with Crippen LogP contribution in [-0.4, -0.2) is 18.7 Å². The predicted molar refractivity (Wildman–Crippen MR) is 55.2 cm³/mol. The molecule has 0 radical (unpaired) electrons. The summed E-state index contributed by atoms with van der Waals surface area (Å²) < 4.78 is 21.5. The van der Waals surface area contributed by atoms with Gasteiger partial charge in [-0.15, -0.1) is 13.2 Å². The zero-order valence-electron chi connectivity index (χ0n) is 8.27. The first-order valence-corrected chi connectivity index (χ1v) is 5.79. The summed E-state index contributed by atoms with van der Waals surface area (Å²) in [5.41, 5.74) is -0.527. The van der Waals surface area contributed by atoms with E-state index in [2.05, 4.69) is 13.2 Å². The normalized spacial score (nSPS) is 10.9. The summed E-state index contributed by atoms with van der Waals surface area (Å²) in [4.78, 5) is 11.3. The van der Waals surface area contributed by atoms with Crippen molar-refractivity contribution in [1.29, 1.82) is 0 Å². The quantitative estimate of drug-likeness (QED) is 0.464. The van der Waals surface area contributed by atoms with E-state index in [1.807, 2.05) is 0 Å². The van der Waals surface area contributed by atoms with Crippen molar-refractivity contribution >= 4 is 13.1 Å². The zero-order chi connectivity index (χ0) is 11.0. The highest BCUT2D eigenvalue weighted by atomic mass is 31.2. The molecule has 0 atom stereocenters. The topological polar surface area (TPSA) is 52.6 Å². The molecule has 5 heteroatoms. The molecule has 14 heavy (non-hydrogen) atoms. The molecule has 0 N–H and O–H groups in total. The van der Waals surface area contributed by atoms with Crippen molar-refractivity contribution in [2.24, 2.45) is 0 Å². The number of hydrogen-bond acceptors (Lipinski definition) is 4. The zero-order valence-corrected chi connectivity index (χ0v) is 9.16. The maximum Gasteiger partial charge on any atom is 0.397 e. The van der Waals surface area contributed by atoms with Gasteiger partial charge in [0.15, 0.2) is 0 Å². The van der Waals surface area contributed by atoms with E-state index in [0.717, 1.165) is 0 Å². The van der Waals surface area contributed by atoms with Gasteiger partial charge >= 0.3 is 7.60 Å². The van der Waals surface area contributed by atoms with E-state index in [1.165, 1.54) is 12.2 Å². The van der Waals surface area contributed by atoms with Gasteiger partial charge in [-0.2, -0.15) is 0 Å². The van der Waals surface area contributed by atoms with E-state index in [9.17, 15) is 9.36 Å². The Morgan fingerprint density at radius 3 is 2.00 bits per heavy atom. The lowest BCUT2D eigenvalue weighted by molar-refractivity contribution is -0.113. The Morgan fingerprint density at radius 2 is 1.71 bits per heavy atom. The summed E-state index contributed by atoms with van der Waals surface area (Å²) in [6, 6.07) is 0. The predicted octanol–water partition coefficient (Wildman–Crippen LogP) is 2.52. The van der Waals surface area contributed by atoms with Crippen LogP contribution in [0.4, 0.5) is 0 Å². The van der Waals surface area contributed by atoms with Gasteiger partial charge in [0.1, 0.15) is 0 Å². The molecule has 0 aliphatic heterocycles. The van der Waals surface area contributed by atoms with Crippen molar-refractivity contribution in [2.75, 3.05) is 13.2 Å². The molecule has 0 amide bonds. The van der Waals surface area contributed by atoms with Crippen molar-refractivity contribution < 1.29 is 18.4 Å². The fraction of sp³-hybridized carbons (Fsp3) is 0.444. The Kier molecular flexibility index (Phi) is 6.37. The lowest BCUT2D eigenvalue weighted by atomic mass is 10.6. The van der Waals surface area contributed by atoms with Gasteiger partial charge in [0.25, 0.3) is 0 Å². The maximum absolute atomic E-state index is 11.8. The second-order valence-corrected chi connectivity index (χ2v) is 4.42. The monoisotopic (exact) mass is 218 g/mol. The van der Waals surface area contributed by atoms with Gasteiger partial charge in [0.2, 0.25) is 5.52 Å². The smallest absolute Gasteiger partial charge is 0.299 e. The molecule has 0 aliphatic carbocycles. The Labute approximate surface area is 84.1 Å². The van der Waals surface area contributed by atoms with Gasteiger partial charge in [-0.05, 0) is 0 Å². The molecule has 0 aromatic carbocycles. The van der Waals surface area contributed by atoms with Crippen LogP contribution in [0.1, 0.15) is 13.3 Å². The number of carbonyl (C=O) groups is 1. The molecule has 0 saturated carbocycles. The fourth-order valence-corrected chi connectivity index (χ4v) is 2.03. The number of hydrogen-bond donors (Lipinski definition) is 0. The molecule has 0 bridgehead atoms. The Morgan fingerprint density at radius 1 is 1.29 bits per heavy atom. The van der Waals surface area contributed by atoms with Gasteiger partial charge < -0.3 is 0 Å². The lowest BCUT2D eigenvalue weighted by Crippen LogP contribution is -2.06. The minimum Gasteiger partial charge on any atom is -0.299 e. The molecule has 0 heterocycles. The van der Waals surface area contributed by atoms with Crippen LogP contribution in [-0.2, 0) is 18.4 Å². The van der Waals surface area contributed by atoms with Crippen LogP contribution in [0.2, 0.25) is 0 Å². The third kappa shape index (κ3) is 4.01. The highest BCUT2D eigenvalue weighted by Gasteiger charge is 2.32. The van der Waals surface area contributed by atoms with E-state index in [4.69, 9.17) is 9.05 Å². The van der Waals surface area contributed by atoms with Crippen LogP contribution in [0.15, 0.2) is 25.3 Å². The number of rotatable bonds is 8. The second-order valence-electron chi connectivity index (χ2n) is 2.41. The van der Waals surface area contributed by atoms with Gasteiger partial charge in [0.05, 0.1) is 13.2 Å². The first-order chi connectivity index (χ1) is 6.60. The van der Waals surface area contributed by atoms with Gasteiger partial charge in [0, 0.05) is 6.42 Å². The minimum atomic E-state index is -3.62. The first-order valence-electron chi connectivity index (χ1n) is 4.25. The molecule has 0 aliphatic rings. The van der Waals surface area contributed by atoms with Crippen molar-refractivity contribution in [2.45, 2.75) is 13.3 Å². The molecule has 80 valence electrons. The van der Waals surface area contributed by atoms with Crippen molar-refractivity contribution in [3.05, 3.63) is 25.3 Å². The Bertz CT molecular complexity index is 244. The average Bonchev–Trinajstić information content (AvgIpc) is 2.22. The molecular weight excluding hydrogens is 203 g/mol. The van der Waals surface area contributed by atoms with E-state index in [0.29, 0.717) is 0 Å². The van der Waals surface area contributed by atoms with E-state index < -0.39 is 13.1 Å². The number of carbonyl (C=O) groups excluding carboxylic acids is 1. The van der Waals surface area contributed by atoms with Crippen LogP contribution >= 0.6 is 7.60 Å². The van der Waals surface area contributed by atoms with Crippen LogP contribution < -0.4 is 0 Å². The summed E-state index contributed by atoms with van der Waals surface area (Å²) in [5, 5.41) is 0. The molecule has 0 aromatic heterocycles. The third-order valence-electron chi connectivity index (χ3n) is 1.33. The third-order valence-corrected chi connectivity index (χ3v) is 3.24. The highest BCUT2D eigenvalue weighted by molar-refractivity contribution is 7.71. The van der Waals surface area contributed by atoms with Crippen molar-refractivity contribution in [3.63, 3.8) is 0 Å². The van der Waals surface area contributed by atoms with Gasteiger partial charge in [-0.3, -0.25) is 18.4 Å². The summed E-state index contributed by atoms with van der Waals surface area (Å²) in [7, 11) is -3.62.